The van der Waals surface area contributed by atoms with E-state index in [1.54, 1.807) is 22.6 Å². The van der Waals surface area contributed by atoms with Gasteiger partial charge in [0.25, 0.3) is 5.56 Å². The number of pyridine rings is 1. The van der Waals surface area contributed by atoms with E-state index in [0.29, 0.717) is 0 Å². The Hall–Kier alpha value is -0.800. The van der Waals surface area contributed by atoms with Gasteiger partial charge in [-0.2, -0.15) is 0 Å². The van der Waals surface area contributed by atoms with Crippen LogP contribution in [-0.4, -0.2) is 11.3 Å². The number of hydrogen-bond donors (Lipinski definition) is 1. The molecular formula is C7H4F4INO2. The summed E-state index contributed by atoms with van der Waals surface area (Å²) in [6.07, 6.45) is -4.96. The Morgan fingerprint density at radius 1 is 1.47 bits per heavy atom. The second kappa shape index (κ2) is 4.37. The van der Waals surface area contributed by atoms with Gasteiger partial charge in [0.15, 0.2) is 5.75 Å². The first kappa shape index (κ1) is 12.3. The Bertz CT molecular complexity index is 414. The van der Waals surface area contributed by atoms with Gasteiger partial charge < -0.3 is 9.72 Å². The van der Waals surface area contributed by atoms with Crippen LogP contribution in [0.15, 0.2) is 10.9 Å². The molecule has 0 aliphatic carbocycles. The molecule has 0 spiro atoms. The highest BCUT2D eigenvalue weighted by Crippen LogP contribution is 2.21. The summed E-state index contributed by atoms with van der Waals surface area (Å²) in [7, 11) is 0. The molecule has 1 heterocycles. The molecule has 0 amide bonds. The molecule has 1 aromatic rings. The van der Waals surface area contributed by atoms with Crippen LogP contribution in [0.3, 0.4) is 0 Å². The molecule has 0 aromatic carbocycles. The summed E-state index contributed by atoms with van der Waals surface area (Å²) in [6, 6.07) is 0.730. The van der Waals surface area contributed by atoms with Crippen LogP contribution in [0, 0.1) is 3.70 Å². The summed E-state index contributed by atoms with van der Waals surface area (Å²) < 4.78 is 51.2. The Labute approximate surface area is 94.6 Å². The van der Waals surface area contributed by atoms with Crippen molar-refractivity contribution in [2.75, 3.05) is 0 Å². The van der Waals surface area contributed by atoms with Gasteiger partial charge in [-0.15, -0.1) is 13.2 Å². The number of hydrogen-bond acceptors (Lipinski definition) is 2. The fourth-order valence-electron chi connectivity index (χ4n) is 0.826. The largest absolute Gasteiger partial charge is 0.573 e. The standard InChI is InChI=1S/C7H4F4INO2/c8-2-3-1-4(15-7(9,10)11)6(14)13-5(3)12/h1H,2H2,(H,13,14). The number of aromatic amines is 1. The van der Waals surface area contributed by atoms with Crippen molar-refractivity contribution in [3.63, 3.8) is 0 Å². The normalized spacial score (nSPS) is 11.5. The van der Waals surface area contributed by atoms with Crippen LogP contribution >= 0.6 is 22.6 Å². The Kier molecular flexibility index (Phi) is 3.58. The summed E-state index contributed by atoms with van der Waals surface area (Å²) >= 11 is 1.61. The third kappa shape index (κ3) is 3.36. The minimum Gasteiger partial charge on any atom is -0.400 e. The fraction of sp³-hybridized carbons (Fsp3) is 0.286. The van der Waals surface area contributed by atoms with Crippen molar-refractivity contribution in [2.45, 2.75) is 13.0 Å². The maximum Gasteiger partial charge on any atom is 0.573 e. The second-order valence-electron chi connectivity index (χ2n) is 2.48. The minimum atomic E-state index is -4.96. The first-order chi connectivity index (χ1) is 6.83. The lowest BCUT2D eigenvalue weighted by molar-refractivity contribution is -0.275. The molecule has 0 aliphatic rings. The molecule has 15 heavy (non-hydrogen) atoms. The van der Waals surface area contributed by atoms with Gasteiger partial charge >= 0.3 is 6.36 Å². The number of halogens is 5. The van der Waals surface area contributed by atoms with Crippen molar-refractivity contribution in [1.29, 1.82) is 0 Å². The van der Waals surface area contributed by atoms with E-state index in [2.05, 4.69) is 4.74 Å². The van der Waals surface area contributed by atoms with E-state index in [4.69, 9.17) is 0 Å². The molecule has 1 aromatic heterocycles. The van der Waals surface area contributed by atoms with Crippen LogP contribution in [0.5, 0.6) is 5.75 Å². The lowest BCUT2D eigenvalue weighted by atomic mass is 10.3. The SMILES string of the molecule is O=c1[nH]c(I)c(CF)cc1OC(F)(F)F. The Balaban J connectivity index is 3.14. The molecule has 0 aliphatic heterocycles. The molecule has 0 atom stereocenters. The summed E-state index contributed by atoms with van der Waals surface area (Å²) in [6.45, 7) is -0.983. The number of aromatic nitrogens is 1. The van der Waals surface area contributed by atoms with Crippen LogP contribution in [0.2, 0.25) is 0 Å². The molecule has 0 bridgehead atoms. The lowest BCUT2D eigenvalue weighted by Gasteiger charge is -2.09. The smallest absolute Gasteiger partial charge is 0.400 e. The third-order valence-corrected chi connectivity index (χ3v) is 2.37. The zero-order chi connectivity index (χ0) is 11.6. The van der Waals surface area contributed by atoms with Crippen LogP contribution in [0.4, 0.5) is 17.6 Å². The highest BCUT2D eigenvalue weighted by atomic mass is 127. The first-order valence-corrected chi connectivity index (χ1v) is 4.65. The van der Waals surface area contributed by atoms with E-state index in [-0.39, 0.29) is 9.26 Å². The van der Waals surface area contributed by atoms with Gasteiger partial charge in [-0.3, -0.25) is 4.79 Å². The van der Waals surface area contributed by atoms with E-state index in [1.165, 1.54) is 0 Å². The molecule has 84 valence electrons. The van der Waals surface area contributed by atoms with Gasteiger partial charge in [0, 0.05) is 5.56 Å². The zero-order valence-corrected chi connectivity index (χ0v) is 9.15. The Morgan fingerprint density at radius 2 is 2.07 bits per heavy atom. The summed E-state index contributed by atoms with van der Waals surface area (Å²) in [4.78, 5) is 13.0. The number of H-pyrrole nitrogens is 1. The van der Waals surface area contributed by atoms with E-state index in [1.807, 2.05) is 4.98 Å². The van der Waals surface area contributed by atoms with Crippen molar-refractivity contribution >= 4 is 22.6 Å². The van der Waals surface area contributed by atoms with E-state index in [9.17, 15) is 22.4 Å². The highest BCUT2D eigenvalue weighted by molar-refractivity contribution is 14.1. The topological polar surface area (TPSA) is 42.1 Å². The van der Waals surface area contributed by atoms with Crippen molar-refractivity contribution in [3.8, 4) is 5.75 Å². The number of ether oxygens (including phenoxy) is 1. The van der Waals surface area contributed by atoms with Gasteiger partial charge in [-0.05, 0) is 28.7 Å². The van der Waals surface area contributed by atoms with Gasteiger partial charge in [0.1, 0.15) is 6.67 Å². The molecule has 3 nitrogen and oxygen atoms in total. The van der Waals surface area contributed by atoms with Crippen molar-refractivity contribution in [1.82, 2.24) is 4.98 Å². The quantitative estimate of drug-likeness (QED) is 0.511. The van der Waals surface area contributed by atoms with Crippen molar-refractivity contribution in [2.24, 2.45) is 0 Å². The van der Waals surface area contributed by atoms with Gasteiger partial charge in [0.05, 0.1) is 3.70 Å². The van der Waals surface area contributed by atoms with Gasteiger partial charge in [0.2, 0.25) is 0 Å². The molecule has 0 fully saturated rings. The average Bonchev–Trinajstić information content (AvgIpc) is 2.07. The van der Waals surface area contributed by atoms with E-state index >= 15 is 0 Å². The maximum absolute atomic E-state index is 12.3. The molecule has 0 saturated carbocycles. The second-order valence-corrected chi connectivity index (χ2v) is 3.56. The van der Waals surface area contributed by atoms with Gasteiger partial charge in [-0.1, -0.05) is 0 Å². The van der Waals surface area contributed by atoms with Crippen LogP contribution in [-0.2, 0) is 6.67 Å². The number of alkyl halides is 4. The monoisotopic (exact) mass is 337 g/mol. The first-order valence-electron chi connectivity index (χ1n) is 3.57. The van der Waals surface area contributed by atoms with E-state index < -0.39 is 24.3 Å². The molecule has 0 radical (unpaired) electrons. The van der Waals surface area contributed by atoms with Crippen LogP contribution in [0.25, 0.3) is 0 Å². The Morgan fingerprint density at radius 3 is 2.53 bits per heavy atom. The number of rotatable bonds is 2. The summed E-state index contributed by atoms with van der Waals surface area (Å²) in [5.41, 5.74) is -1.11. The third-order valence-electron chi connectivity index (χ3n) is 1.40. The predicted octanol–water partition coefficient (Wildman–Crippen LogP) is 2.35. The zero-order valence-electron chi connectivity index (χ0n) is 6.99. The predicted molar refractivity (Wildman–Crippen MR) is 51.3 cm³/mol. The minimum absolute atomic E-state index is 0.0607. The summed E-state index contributed by atoms with van der Waals surface area (Å²) in [5.74, 6) is -0.962. The average molecular weight is 337 g/mol. The molecule has 0 saturated heterocycles. The fourth-order valence-corrected chi connectivity index (χ4v) is 1.37. The molecule has 0 unspecified atom stereocenters. The highest BCUT2D eigenvalue weighted by Gasteiger charge is 2.32. The number of nitrogens with one attached hydrogen (secondary N) is 1. The lowest BCUT2D eigenvalue weighted by Crippen LogP contribution is -2.23. The van der Waals surface area contributed by atoms with Crippen molar-refractivity contribution in [3.05, 3.63) is 25.7 Å². The van der Waals surface area contributed by atoms with E-state index in [0.717, 1.165) is 6.07 Å². The van der Waals surface area contributed by atoms with Gasteiger partial charge in [-0.25, -0.2) is 4.39 Å². The summed E-state index contributed by atoms with van der Waals surface area (Å²) in [5, 5.41) is 0. The van der Waals surface area contributed by atoms with Crippen LogP contribution < -0.4 is 10.3 Å². The van der Waals surface area contributed by atoms with Crippen molar-refractivity contribution < 1.29 is 22.3 Å². The molecule has 1 N–H and O–H groups in total. The molecule has 8 heteroatoms. The molecule has 1 rings (SSSR count). The maximum atomic E-state index is 12.3. The molecular weight excluding hydrogens is 333 g/mol. The van der Waals surface area contributed by atoms with Crippen LogP contribution in [0.1, 0.15) is 5.56 Å².